The molecule has 1 aromatic heterocycles. The van der Waals surface area contributed by atoms with Crippen LogP contribution < -0.4 is 0 Å². The molecule has 0 saturated heterocycles. The first kappa shape index (κ1) is 11.6. The molecule has 0 N–H and O–H groups in total. The van der Waals surface area contributed by atoms with Crippen molar-refractivity contribution in [2.24, 2.45) is 4.99 Å². The highest BCUT2D eigenvalue weighted by molar-refractivity contribution is 7.13. The first-order chi connectivity index (χ1) is 7.13. The lowest BCUT2D eigenvalue weighted by molar-refractivity contribution is 0.0520. The van der Waals surface area contributed by atoms with Crippen molar-refractivity contribution in [1.82, 2.24) is 9.88 Å². The predicted octanol–water partition coefficient (Wildman–Crippen LogP) is 1.54. The number of carbonyl (C=O) groups excluding carboxylic acids is 1. The second-order valence-corrected chi connectivity index (χ2v) is 3.78. The summed E-state index contributed by atoms with van der Waals surface area (Å²) in [5.41, 5.74) is 0.313. The molecular formula is C9H13N3O2S. The van der Waals surface area contributed by atoms with E-state index in [2.05, 4.69) is 9.98 Å². The van der Waals surface area contributed by atoms with Gasteiger partial charge in [0, 0.05) is 19.5 Å². The molecule has 0 aliphatic carbocycles. The summed E-state index contributed by atoms with van der Waals surface area (Å²) in [5.74, 6) is -0.403. The van der Waals surface area contributed by atoms with Crippen LogP contribution in [0.4, 0.5) is 5.13 Å². The Kier molecular flexibility index (Phi) is 4.23. The summed E-state index contributed by atoms with van der Waals surface area (Å²) < 4.78 is 4.81. The average molecular weight is 227 g/mol. The monoisotopic (exact) mass is 227 g/mol. The molecule has 6 heteroatoms. The molecule has 0 bridgehead atoms. The molecule has 82 valence electrons. The molecule has 0 unspecified atom stereocenters. The lowest BCUT2D eigenvalue weighted by atomic mass is 10.5. The summed E-state index contributed by atoms with van der Waals surface area (Å²) in [6.45, 7) is 2.11. The van der Waals surface area contributed by atoms with Crippen LogP contribution in [-0.2, 0) is 4.74 Å². The summed E-state index contributed by atoms with van der Waals surface area (Å²) in [7, 11) is 3.73. The highest BCUT2D eigenvalue weighted by Gasteiger charge is 2.10. The average Bonchev–Trinajstić information content (AvgIpc) is 2.63. The van der Waals surface area contributed by atoms with E-state index in [0.29, 0.717) is 17.4 Å². The maximum atomic E-state index is 11.3. The van der Waals surface area contributed by atoms with Crippen LogP contribution in [0.2, 0.25) is 0 Å². The van der Waals surface area contributed by atoms with E-state index in [1.165, 1.54) is 11.3 Å². The van der Waals surface area contributed by atoms with Crippen molar-refractivity contribution >= 4 is 28.8 Å². The Bertz CT molecular complexity index is 360. The Hall–Kier alpha value is -1.43. The Morgan fingerprint density at radius 2 is 2.47 bits per heavy atom. The second-order valence-electron chi connectivity index (χ2n) is 2.94. The molecule has 0 radical (unpaired) electrons. The van der Waals surface area contributed by atoms with Crippen molar-refractivity contribution in [3.8, 4) is 0 Å². The van der Waals surface area contributed by atoms with Crippen molar-refractivity contribution in [2.75, 3.05) is 20.7 Å². The maximum Gasteiger partial charge on any atom is 0.357 e. The third-order valence-corrected chi connectivity index (χ3v) is 2.12. The lowest BCUT2D eigenvalue weighted by Crippen LogP contribution is -2.07. The third-order valence-electron chi connectivity index (χ3n) is 1.38. The SMILES string of the molecule is CCOC(=O)c1csc(N=CN(C)C)n1. The van der Waals surface area contributed by atoms with Gasteiger partial charge in [0.2, 0.25) is 5.13 Å². The van der Waals surface area contributed by atoms with Gasteiger partial charge in [0.25, 0.3) is 0 Å². The van der Waals surface area contributed by atoms with Gasteiger partial charge in [0.05, 0.1) is 12.9 Å². The van der Waals surface area contributed by atoms with Crippen molar-refractivity contribution in [3.63, 3.8) is 0 Å². The Labute approximate surface area is 92.4 Å². The number of rotatable bonds is 4. The summed E-state index contributed by atoms with van der Waals surface area (Å²) in [5, 5.41) is 2.19. The molecule has 0 saturated carbocycles. The van der Waals surface area contributed by atoms with Gasteiger partial charge in [-0.3, -0.25) is 0 Å². The van der Waals surface area contributed by atoms with E-state index in [9.17, 15) is 4.79 Å². The van der Waals surface area contributed by atoms with Crippen LogP contribution in [0, 0.1) is 0 Å². The quantitative estimate of drug-likeness (QED) is 0.445. The van der Waals surface area contributed by atoms with Crippen molar-refractivity contribution in [1.29, 1.82) is 0 Å². The number of ether oxygens (including phenoxy) is 1. The molecule has 5 nitrogen and oxygen atoms in total. The molecule has 0 spiro atoms. The fraction of sp³-hybridized carbons (Fsp3) is 0.444. The van der Waals surface area contributed by atoms with Crippen LogP contribution in [0.3, 0.4) is 0 Å². The standard InChI is InChI=1S/C9H13N3O2S/c1-4-14-8(13)7-5-15-9(11-7)10-6-12(2)3/h5-6H,4H2,1-3H3. The van der Waals surface area contributed by atoms with Crippen LogP contribution >= 0.6 is 11.3 Å². The van der Waals surface area contributed by atoms with Gasteiger partial charge in [0.15, 0.2) is 5.69 Å². The molecule has 0 fully saturated rings. The van der Waals surface area contributed by atoms with Crippen molar-refractivity contribution in [3.05, 3.63) is 11.1 Å². The molecule has 0 amide bonds. The minimum atomic E-state index is -0.403. The number of aliphatic imine (C=N–C) groups is 1. The van der Waals surface area contributed by atoms with Crippen LogP contribution in [0.1, 0.15) is 17.4 Å². The van der Waals surface area contributed by atoms with E-state index in [0.717, 1.165) is 0 Å². The molecule has 1 heterocycles. The fourth-order valence-corrected chi connectivity index (χ4v) is 1.41. The summed E-state index contributed by atoms with van der Waals surface area (Å²) in [6.07, 6.45) is 1.63. The summed E-state index contributed by atoms with van der Waals surface area (Å²) in [4.78, 5) is 21.1. The first-order valence-electron chi connectivity index (χ1n) is 4.46. The lowest BCUT2D eigenvalue weighted by Gasteiger charge is -1.99. The van der Waals surface area contributed by atoms with Crippen LogP contribution in [0.25, 0.3) is 0 Å². The molecular weight excluding hydrogens is 214 g/mol. The fourth-order valence-electron chi connectivity index (χ4n) is 0.787. The smallest absolute Gasteiger partial charge is 0.357 e. The van der Waals surface area contributed by atoms with Crippen molar-refractivity contribution < 1.29 is 9.53 Å². The van der Waals surface area contributed by atoms with Gasteiger partial charge in [-0.15, -0.1) is 11.3 Å². The molecule has 1 rings (SSSR count). The van der Waals surface area contributed by atoms with Gasteiger partial charge in [-0.2, -0.15) is 0 Å². The van der Waals surface area contributed by atoms with Gasteiger partial charge in [0.1, 0.15) is 0 Å². The van der Waals surface area contributed by atoms with E-state index in [1.807, 2.05) is 14.1 Å². The number of hydrogen-bond acceptors (Lipinski definition) is 5. The van der Waals surface area contributed by atoms with Crippen LogP contribution in [0.5, 0.6) is 0 Å². The van der Waals surface area contributed by atoms with E-state index >= 15 is 0 Å². The van der Waals surface area contributed by atoms with Gasteiger partial charge < -0.3 is 9.64 Å². The molecule has 0 aliphatic rings. The van der Waals surface area contributed by atoms with Gasteiger partial charge in [-0.1, -0.05) is 0 Å². The van der Waals surface area contributed by atoms with Crippen molar-refractivity contribution in [2.45, 2.75) is 6.92 Å². The number of thiazole rings is 1. The normalized spacial score (nSPS) is 10.6. The Morgan fingerprint density at radius 1 is 1.73 bits per heavy atom. The second kappa shape index (κ2) is 5.45. The molecule has 1 aromatic rings. The van der Waals surface area contributed by atoms with Gasteiger partial charge >= 0.3 is 5.97 Å². The van der Waals surface area contributed by atoms with E-state index in [1.54, 1.807) is 23.5 Å². The number of hydrogen-bond donors (Lipinski definition) is 0. The molecule has 0 atom stereocenters. The highest BCUT2D eigenvalue weighted by atomic mass is 32.1. The zero-order valence-corrected chi connectivity index (χ0v) is 9.74. The maximum absolute atomic E-state index is 11.3. The van der Waals surface area contributed by atoms with Crippen LogP contribution in [0.15, 0.2) is 10.4 Å². The largest absolute Gasteiger partial charge is 0.461 e. The highest BCUT2D eigenvalue weighted by Crippen LogP contribution is 2.18. The molecule has 0 aliphatic heterocycles. The minimum Gasteiger partial charge on any atom is -0.461 e. The zero-order chi connectivity index (χ0) is 11.3. The predicted molar refractivity (Wildman–Crippen MR) is 59.9 cm³/mol. The van der Waals surface area contributed by atoms with Crippen LogP contribution in [-0.4, -0.2) is 42.9 Å². The molecule has 15 heavy (non-hydrogen) atoms. The number of esters is 1. The van der Waals surface area contributed by atoms with E-state index < -0.39 is 5.97 Å². The minimum absolute atomic E-state index is 0.313. The van der Waals surface area contributed by atoms with E-state index in [-0.39, 0.29) is 0 Å². The number of carbonyl (C=O) groups is 1. The Morgan fingerprint density at radius 3 is 3.07 bits per heavy atom. The Balaban J connectivity index is 2.68. The van der Waals surface area contributed by atoms with Gasteiger partial charge in [-0.05, 0) is 6.92 Å². The third kappa shape index (κ3) is 3.67. The molecule has 0 aromatic carbocycles. The zero-order valence-electron chi connectivity index (χ0n) is 8.93. The summed E-state index contributed by atoms with van der Waals surface area (Å²) in [6, 6.07) is 0. The first-order valence-corrected chi connectivity index (χ1v) is 5.34. The van der Waals surface area contributed by atoms with E-state index in [4.69, 9.17) is 4.74 Å². The van der Waals surface area contributed by atoms with Gasteiger partial charge in [-0.25, -0.2) is 14.8 Å². The summed E-state index contributed by atoms with van der Waals surface area (Å²) >= 11 is 1.31. The number of nitrogens with zero attached hydrogens (tertiary/aromatic N) is 3. The topological polar surface area (TPSA) is 54.8 Å². The number of aromatic nitrogens is 1.